The van der Waals surface area contributed by atoms with Gasteiger partial charge >= 0.3 is 0 Å². The molecular weight excluding hydrogens is 254 g/mol. The normalized spacial score (nSPS) is 12.4. The van der Waals surface area contributed by atoms with Crippen LogP contribution in [0.4, 0.5) is 5.69 Å². The molecule has 4 nitrogen and oxygen atoms in total. The van der Waals surface area contributed by atoms with Crippen molar-refractivity contribution in [3.05, 3.63) is 48.0 Å². The minimum Gasteiger partial charge on any atom is -0.493 e. The average Bonchev–Trinajstić information content (AvgIpc) is 2.91. The van der Waals surface area contributed by atoms with Crippen molar-refractivity contribution >= 4 is 5.69 Å². The fourth-order valence-corrected chi connectivity index (χ4v) is 2.18. The van der Waals surface area contributed by atoms with Gasteiger partial charge in [0.1, 0.15) is 5.75 Å². The average molecular weight is 271 g/mol. The van der Waals surface area contributed by atoms with Crippen LogP contribution in [0.3, 0.4) is 0 Å². The van der Waals surface area contributed by atoms with Crippen molar-refractivity contribution in [1.29, 1.82) is 0 Å². The standard InChI is InChI=1S/C16H17NO3/c17-13-5-1-3-12(9-13)4-2-8-18-14-6-7-15-16(10-14)20-11-19-15/h1,3,5-7,9-10H,2,4,8,11,17H2. The van der Waals surface area contributed by atoms with E-state index in [-0.39, 0.29) is 6.79 Å². The molecule has 0 saturated heterocycles. The monoisotopic (exact) mass is 271 g/mol. The lowest BCUT2D eigenvalue weighted by molar-refractivity contribution is 0.173. The summed E-state index contributed by atoms with van der Waals surface area (Å²) in [5.74, 6) is 2.33. The van der Waals surface area contributed by atoms with Gasteiger partial charge in [-0.25, -0.2) is 0 Å². The number of fused-ring (bicyclic) bond motifs is 1. The molecule has 0 amide bonds. The molecule has 2 aromatic carbocycles. The summed E-state index contributed by atoms with van der Waals surface area (Å²) in [4.78, 5) is 0. The van der Waals surface area contributed by atoms with E-state index < -0.39 is 0 Å². The molecule has 0 bridgehead atoms. The minimum absolute atomic E-state index is 0.286. The van der Waals surface area contributed by atoms with E-state index in [2.05, 4.69) is 6.07 Å². The first kappa shape index (κ1) is 12.7. The molecule has 0 radical (unpaired) electrons. The van der Waals surface area contributed by atoms with Crippen LogP contribution in [-0.4, -0.2) is 13.4 Å². The van der Waals surface area contributed by atoms with Crippen molar-refractivity contribution in [2.75, 3.05) is 19.1 Å². The number of ether oxygens (including phenoxy) is 3. The van der Waals surface area contributed by atoms with Gasteiger partial charge in [0.25, 0.3) is 0 Å². The van der Waals surface area contributed by atoms with E-state index in [1.165, 1.54) is 5.56 Å². The summed E-state index contributed by atoms with van der Waals surface area (Å²) in [7, 11) is 0. The van der Waals surface area contributed by atoms with E-state index in [4.69, 9.17) is 19.9 Å². The minimum atomic E-state index is 0.286. The Balaban J connectivity index is 1.48. The van der Waals surface area contributed by atoms with Gasteiger partial charge in [0.15, 0.2) is 11.5 Å². The van der Waals surface area contributed by atoms with E-state index in [0.29, 0.717) is 6.61 Å². The number of nitrogen functional groups attached to an aromatic ring is 1. The van der Waals surface area contributed by atoms with Crippen LogP contribution in [0.1, 0.15) is 12.0 Å². The van der Waals surface area contributed by atoms with Crippen LogP contribution in [-0.2, 0) is 6.42 Å². The van der Waals surface area contributed by atoms with Crippen LogP contribution in [0.2, 0.25) is 0 Å². The van der Waals surface area contributed by atoms with E-state index in [1.807, 2.05) is 36.4 Å². The SMILES string of the molecule is Nc1cccc(CCCOc2ccc3c(c2)OCO3)c1. The third kappa shape index (κ3) is 2.96. The Morgan fingerprint density at radius 2 is 1.95 bits per heavy atom. The third-order valence-corrected chi connectivity index (χ3v) is 3.17. The molecule has 0 aromatic heterocycles. The summed E-state index contributed by atoms with van der Waals surface area (Å²) in [5, 5.41) is 0. The molecule has 0 fully saturated rings. The molecule has 3 rings (SSSR count). The topological polar surface area (TPSA) is 53.7 Å². The smallest absolute Gasteiger partial charge is 0.231 e. The van der Waals surface area contributed by atoms with Gasteiger partial charge in [0.05, 0.1) is 6.61 Å². The van der Waals surface area contributed by atoms with Crippen LogP contribution >= 0.6 is 0 Å². The number of anilines is 1. The molecule has 1 aliphatic rings. The van der Waals surface area contributed by atoms with Gasteiger partial charge < -0.3 is 19.9 Å². The first-order valence-corrected chi connectivity index (χ1v) is 6.68. The summed E-state index contributed by atoms with van der Waals surface area (Å²) in [5.41, 5.74) is 7.79. The van der Waals surface area contributed by atoms with E-state index >= 15 is 0 Å². The zero-order chi connectivity index (χ0) is 13.8. The van der Waals surface area contributed by atoms with E-state index in [1.54, 1.807) is 0 Å². The van der Waals surface area contributed by atoms with Crippen molar-refractivity contribution in [1.82, 2.24) is 0 Å². The molecule has 0 atom stereocenters. The molecule has 0 aliphatic carbocycles. The number of aryl methyl sites for hydroxylation is 1. The molecule has 4 heteroatoms. The Morgan fingerprint density at radius 3 is 2.85 bits per heavy atom. The lowest BCUT2D eigenvalue weighted by Gasteiger charge is -2.07. The third-order valence-electron chi connectivity index (χ3n) is 3.17. The molecule has 2 aromatic rings. The summed E-state index contributed by atoms with van der Waals surface area (Å²) < 4.78 is 16.3. The largest absolute Gasteiger partial charge is 0.493 e. The molecule has 104 valence electrons. The van der Waals surface area contributed by atoms with Crippen molar-refractivity contribution in [3.8, 4) is 17.2 Å². The molecular formula is C16H17NO3. The maximum atomic E-state index is 5.75. The molecule has 2 N–H and O–H groups in total. The molecule has 1 heterocycles. The molecule has 20 heavy (non-hydrogen) atoms. The molecule has 0 saturated carbocycles. The van der Waals surface area contributed by atoms with Gasteiger partial charge in [-0.3, -0.25) is 0 Å². The summed E-state index contributed by atoms with van der Waals surface area (Å²) in [6, 6.07) is 13.6. The Bertz CT molecular complexity index is 598. The van der Waals surface area contributed by atoms with Crippen LogP contribution in [0.25, 0.3) is 0 Å². The van der Waals surface area contributed by atoms with Gasteiger partial charge in [-0.15, -0.1) is 0 Å². The fourth-order valence-electron chi connectivity index (χ4n) is 2.18. The van der Waals surface area contributed by atoms with Crippen molar-refractivity contribution in [2.45, 2.75) is 12.8 Å². The second-order valence-electron chi connectivity index (χ2n) is 4.71. The predicted molar refractivity (Wildman–Crippen MR) is 77.2 cm³/mol. The summed E-state index contributed by atoms with van der Waals surface area (Å²) in [6.07, 6.45) is 1.90. The zero-order valence-corrected chi connectivity index (χ0v) is 11.2. The Labute approximate surface area is 118 Å². The first-order valence-electron chi connectivity index (χ1n) is 6.68. The van der Waals surface area contributed by atoms with Gasteiger partial charge in [0.2, 0.25) is 6.79 Å². The molecule has 0 unspecified atom stereocenters. The quantitative estimate of drug-likeness (QED) is 0.671. The van der Waals surface area contributed by atoms with Crippen LogP contribution in [0, 0.1) is 0 Å². The Morgan fingerprint density at radius 1 is 1.05 bits per heavy atom. The zero-order valence-electron chi connectivity index (χ0n) is 11.2. The summed E-state index contributed by atoms with van der Waals surface area (Å²) >= 11 is 0. The van der Waals surface area contributed by atoms with Crippen LogP contribution in [0.5, 0.6) is 17.2 Å². The Kier molecular flexibility index (Phi) is 3.63. The van der Waals surface area contributed by atoms with Crippen LogP contribution in [0.15, 0.2) is 42.5 Å². The van der Waals surface area contributed by atoms with Gasteiger partial charge in [-0.05, 0) is 42.7 Å². The highest BCUT2D eigenvalue weighted by atomic mass is 16.7. The maximum Gasteiger partial charge on any atom is 0.231 e. The lowest BCUT2D eigenvalue weighted by Crippen LogP contribution is -1.99. The number of nitrogens with two attached hydrogens (primary N) is 1. The maximum absolute atomic E-state index is 5.75. The lowest BCUT2D eigenvalue weighted by atomic mass is 10.1. The highest BCUT2D eigenvalue weighted by Crippen LogP contribution is 2.35. The highest BCUT2D eigenvalue weighted by Gasteiger charge is 2.13. The summed E-state index contributed by atoms with van der Waals surface area (Å²) in [6.45, 7) is 0.947. The number of rotatable bonds is 5. The first-order chi connectivity index (χ1) is 9.81. The van der Waals surface area contributed by atoms with Crippen molar-refractivity contribution in [2.24, 2.45) is 0 Å². The molecule has 0 spiro atoms. The van der Waals surface area contributed by atoms with Gasteiger partial charge in [-0.1, -0.05) is 12.1 Å². The van der Waals surface area contributed by atoms with E-state index in [9.17, 15) is 0 Å². The van der Waals surface area contributed by atoms with Gasteiger partial charge in [-0.2, -0.15) is 0 Å². The fraction of sp³-hybridized carbons (Fsp3) is 0.250. The second kappa shape index (κ2) is 5.74. The predicted octanol–water partition coefficient (Wildman–Crippen LogP) is 3.01. The Hall–Kier alpha value is -2.36. The number of hydrogen-bond acceptors (Lipinski definition) is 4. The number of benzene rings is 2. The number of hydrogen-bond donors (Lipinski definition) is 1. The molecule has 1 aliphatic heterocycles. The van der Waals surface area contributed by atoms with Gasteiger partial charge in [0, 0.05) is 11.8 Å². The highest BCUT2D eigenvalue weighted by molar-refractivity contribution is 5.46. The van der Waals surface area contributed by atoms with Crippen molar-refractivity contribution < 1.29 is 14.2 Å². The van der Waals surface area contributed by atoms with Crippen molar-refractivity contribution in [3.63, 3.8) is 0 Å². The van der Waals surface area contributed by atoms with E-state index in [0.717, 1.165) is 35.8 Å². The van der Waals surface area contributed by atoms with Crippen LogP contribution < -0.4 is 19.9 Å². The second-order valence-corrected chi connectivity index (χ2v) is 4.71.